The van der Waals surface area contributed by atoms with Crippen molar-refractivity contribution in [3.63, 3.8) is 0 Å². The Labute approximate surface area is 724 Å². The summed E-state index contributed by atoms with van der Waals surface area (Å²) in [7, 11) is 0. The number of H-pyrrole nitrogens is 4. The third kappa shape index (κ3) is 16.7. The SMILES string of the molecule is CCC(Nc1ncnc2nc[nH]c12)c1cc2cccc(C)c2c(=O)n1-c1cc(C)cc(F)c1.CCC(Nc1ncnc2nc[nH]c12)c1cc2cccc(C)c2c(=O)n1-c1ccc(C)cc1.CCC(Nc1ncnc2nc[nH]c12)c1cc2ccccc2c(=O)n1-c1ccccc1.Cc1cc(F)cc(-n2c(C(C)Nc3ncnc4nc[nH]c34)cc3cccc(C)c3c2=O)c1. The number of aryl methyl sites for hydroxylation is 6. The van der Waals surface area contributed by atoms with E-state index in [1.807, 2.05) is 211 Å². The molecule has 28 nitrogen and oxygen atoms in total. The van der Waals surface area contributed by atoms with Gasteiger partial charge in [-0.2, -0.15) is 0 Å². The number of imidazole rings is 4. The number of fused-ring (bicyclic) bond motifs is 8. The van der Waals surface area contributed by atoms with Crippen molar-refractivity contribution >= 4 is 111 Å². The van der Waals surface area contributed by atoms with Crippen LogP contribution in [-0.4, -0.2) is 98.0 Å². The first-order chi connectivity index (χ1) is 61.7. The second-order valence-electron chi connectivity index (χ2n) is 31.2. The highest BCUT2D eigenvalue weighted by Crippen LogP contribution is 2.35. The molecule has 0 bridgehead atoms. The summed E-state index contributed by atoms with van der Waals surface area (Å²) in [4.78, 5) is 118. The smallest absolute Gasteiger partial charge is 0.263 e. The van der Waals surface area contributed by atoms with Crippen LogP contribution in [0, 0.1) is 53.2 Å². The monoisotopic (exact) mass is 1690 g/mol. The van der Waals surface area contributed by atoms with Gasteiger partial charge >= 0.3 is 0 Å². The van der Waals surface area contributed by atoms with Crippen molar-refractivity contribution in [2.75, 3.05) is 21.3 Å². The number of nitrogens with zero attached hydrogens (tertiary/aromatic N) is 16. The van der Waals surface area contributed by atoms with Crippen LogP contribution in [0.2, 0.25) is 0 Å². The summed E-state index contributed by atoms with van der Waals surface area (Å²) < 4.78 is 35.5. The lowest BCUT2D eigenvalue weighted by Gasteiger charge is -2.24. The summed E-state index contributed by atoms with van der Waals surface area (Å²) in [6.07, 6.45) is 14.4. The van der Waals surface area contributed by atoms with E-state index in [0.29, 0.717) is 96.5 Å². The minimum atomic E-state index is -0.390. The van der Waals surface area contributed by atoms with Crippen LogP contribution >= 0.6 is 0 Å². The van der Waals surface area contributed by atoms with E-state index in [0.717, 1.165) is 113 Å². The predicted molar refractivity (Wildman–Crippen MR) is 495 cm³/mol. The van der Waals surface area contributed by atoms with Crippen LogP contribution < -0.4 is 43.5 Å². The zero-order valence-electron chi connectivity index (χ0n) is 71.1. The molecule has 12 heterocycles. The third-order valence-corrected chi connectivity index (χ3v) is 22.6. The van der Waals surface area contributed by atoms with Gasteiger partial charge in [-0.1, -0.05) is 129 Å². The fourth-order valence-electron chi connectivity index (χ4n) is 16.5. The van der Waals surface area contributed by atoms with Gasteiger partial charge in [0.25, 0.3) is 22.2 Å². The van der Waals surface area contributed by atoms with Gasteiger partial charge in [0.2, 0.25) is 0 Å². The van der Waals surface area contributed by atoms with Crippen molar-refractivity contribution in [2.24, 2.45) is 0 Å². The molecule has 0 radical (unpaired) electrons. The van der Waals surface area contributed by atoms with E-state index >= 15 is 0 Å². The predicted octanol–water partition coefficient (Wildman–Crippen LogP) is 18.6. The molecule has 4 unspecified atom stereocenters. The number of hydrogen-bond acceptors (Lipinski definition) is 20. The Hall–Kier alpha value is -16.1. The first-order valence-corrected chi connectivity index (χ1v) is 41.6. The number of pyridine rings is 4. The minimum absolute atomic E-state index is 0.0194. The number of rotatable bonds is 19. The molecule has 127 heavy (non-hydrogen) atoms. The molecule has 0 aliphatic heterocycles. The van der Waals surface area contributed by atoms with Gasteiger partial charge in [0.15, 0.2) is 45.9 Å². The minimum Gasteiger partial charge on any atom is -0.360 e. The quantitative estimate of drug-likeness (QED) is 0.0373. The first-order valence-electron chi connectivity index (χ1n) is 41.6. The lowest BCUT2D eigenvalue weighted by molar-refractivity contribution is 0.622. The van der Waals surface area contributed by atoms with Gasteiger partial charge in [-0.15, -0.1) is 0 Å². The average molecular weight is 1690 g/mol. The topological polar surface area (TPSA) is 354 Å². The normalized spacial score (nSPS) is 12.3. The Morgan fingerprint density at radius 3 is 1.04 bits per heavy atom. The largest absolute Gasteiger partial charge is 0.360 e. The summed E-state index contributed by atoms with van der Waals surface area (Å²) in [6.45, 7) is 19.6. The highest BCUT2D eigenvalue weighted by molar-refractivity contribution is 5.90. The van der Waals surface area contributed by atoms with Crippen LogP contribution in [0.4, 0.5) is 32.1 Å². The molecule has 0 aliphatic rings. The highest BCUT2D eigenvalue weighted by atomic mass is 19.1. The zero-order chi connectivity index (χ0) is 88.3. The van der Waals surface area contributed by atoms with Crippen LogP contribution in [0.25, 0.3) is 110 Å². The van der Waals surface area contributed by atoms with Crippen molar-refractivity contribution in [3.05, 3.63) is 354 Å². The van der Waals surface area contributed by atoms with Crippen molar-refractivity contribution in [1.29, 1.82) is 0 Å². The Kier molecular flexibility index (Phi) is 23.4. The molecule has 8 aromatic carbocycles. The average Bonchev–Trinajstić information content (AvgIpc) is 1.07. The molecule has 0 fully saturated rings. The number of hydrogen-bond donors (Lipinski definition) is 8. The van der Waals surface area contributed by atoms with E-state index < -0.39 is 5.82 Å². The second kappa shape index (κ2) is 35.7. The molecule has 12 aromatic heterocycles. The van der Waals surface area contributed by atoms with E-state index in [-0.39, 0.29) is 52.2 Å². The van der Waals surface area contributed by atoms with Gasteiger partial charge in [-0.05, 0) is 208 Å². The first kappa shape index (κ1) is 83.1. The summed E-state index contributed by atoms with van der Waals surface area (Å²) in [5, 5.41) is 20.0. The van der Waals surface area contributed by atoms with Gasteiger partial charge < -0.3 is 41.2 Å². The molecular formula is C97H88F2N24O4. The highest BCUT2D eigenvalue weighted by Gasteiger charge is 2.27. The fraction of sp³-hybridized carbons (Fsp3) is 0.175. The maximum atomic E-state index is 14.4. The Morgan fingerprint density at radius 1 is 0.315 bits per heavy atom. The maximum absolute atomic E-state index is 14.4. The molecule has 0 saturated heterocycles. The number of para-hydroxylation sites is 1. The zero-order valence-corrected chi connectivity index (χ0v) is 71.1. The summed E-state index contributed by atoms with van der Waals surface area (Å²) in [5.41, 5.74) is 15.8. The van der Waals surface area contributed by atoms with Gasteiger partial charge in [0, 0.05) is 39.5 Å². The molecule has 0 aliphatic carbocycles. The second-order valence-corrected chi connectivity index (χ2v) is 31.2. The van der Waals surface area contributed by atoms with E-state index in [1.165, 1.54) is 49.6 Å². The van der Waals surface area contributed by atoms with Crippen molar-refractivity contribution in [2.45, 2.75) is 113 Å². The fourth-order valence-corrected chi connectivity index (χ4v) is 16.5. The van der Waals surface area contributed by atoms with Crippen molar-refractivity contribution in [1.82, 2.24) is 98.0 Å². The van der Waals surface area contributed by atoms with Crippen molar-refractivity contribution < 1.29 is 8.78 Å². The summed E-state index contributed by atoms with van der Waals surface area (Å²) >= 11 is 0. The number of anilines is 4. The van der Waals surface area contributed by atoms with Gasteiger partial charge in [-0.3, -0.25) is 37.4 Å². The third-order valence-electron chi connectivity index (χ3n) is 22.6. The van der Waals surface area contributed by atoms with E-state index in [9.17, 15) is 28.0 Å². The van der Waals surface area contributed by atoms with E-state index in [2.05, 4.69) is 127 Å². The number of halogens is 2. The number of aromatic amines is 4. The molecule has 30 heteroatoms. The molecular weight excluding hydrogens is 1600 g/mol. The molecule has 20 aromatic rings. The summed E-state index contributed by atoms with van der Waals surface area (Å²) in [5.74, 6) is 1.69. The Bertz CT molecular complexity index is 7750. The number of nitrogens with one attached hydrogen (secondary N) is 8. The van der Waals surface area contributed by atoms with Crippen LogP contribution in [-0.2, 0) is 0 Å². The van der Waals surface area contributed by atoms with Gasteiger partial charge in [0.1, 0.15) is 59.0 Å². The van der Waals surface area contributed by atoms with E-state index in [4.69, 9.17) is 0 Å². The number of benzene rings is 8. The maximum Gasteiger partial charge on any atom is 0.263 e. The van der Waals surface area contributed by atoms with Crippen LogP contribution in [0.1, 0.15) is 127 Å². The lowest BCUT2D eigenvalue weighted by atomic mass is 10.0. The molecule has 8 N–H and O–H groups in total. The molecule has 0 amide bonds. The molecule has 634 valence electrons. The molecule has 0 saturated carbocycles. The standard InChI is InChI=1S/C25H23FN6O.C25H24N6O.C24H21FN6O.C23H20N6O/c1-4-19(31-24-22-23(28-12-27-22)29-13-30-24)20-10-16-7-5-6-15(3)21(16)25(33)32(20)18-9-14(2)8-17(26)11-18;1-4-19(30-24-22-23(27-13-26-22)28-14-29-24)20-12-17-7-5-6-16(3)21(17)25(32)31(20)18-10-8-15(2)9-11-18;1-13-7-17(25)10-18(8-13)31-19(9-16-6-4-5-14(2)20(16)24(31)32)15(3)30-23-21-22(27-11-26-21)28-12-29-23;1-2-18(28-22-20-21(25-13-24-20)26-14-27-22)19-12-15-8-6-7-11-17(15)23(30)29(19)16-9-4-3-5-10-16/h5-13,19H,4H2,1-3H3,(H2,27,28,29,30,31);5-14,19H,4H2,1-3H3,(H2,26,27,28,29,30);4-12,15H,1-3H3,(H2,26,27,28,29,30);3-14,18H,2H2,1H3,(H2,24,25,26,27,28). The number of aromatic nitrogens is 20. The van der Waals surface area contributed by atoms with E-state index in [1.54, 1.807) is 45.9 Å². The molecule has 20 rings (SSSR count). The van der Waals surface area contributed by atoms with Crippen LogP contribution in [0.3, 0.4) is 0 Å². The van der Waals surface area contributed by atoms with Crippen LogP contribution in [0.15, 0.2) is 264 Å². The molecule has 4 atom stereocenters. The molecule has 0 spiro atoms. The van der Waals surface area contributed by atoms with Crippen molar-refractivity contribution in [3.8, 4) is 22.7 Å². The summed E-state index contributed by atoms with van der Waals surface area (Å²) in [6, 6.07) is 59.5. The van der Waals surface area contributed by atoms with Gasteiger partial charge in [0.05, 0.1) is 77.0 Å². The van der Waals surface area contributed by atoms with Gasteiger partial charge in [-0.25, -0.2) is 68.6 Å². The van der Waals surface area contributed by atoms with Crippen LogP contribution in [0.5, 0.6) is 0 Å². The Balaban J connectivity index is 0.000000119. The lowest BCUT2D eigenvalue weighted by Crippen LogP contribution is -2.27. The Morgan fingerprint density at radius 2 is 0.646 bits per heavy atom.